The summed E-state index contributed by atoms with van der Waals surface area (Å²) in [5.74, 6) is -0.177. The Bertz CT molecular complexity index is 1190. The molecule has 1 aromatic heterocycles. The third kappa shape index (κ3) is 9.45. The number of nitrogens with one attached hydrogen (secondary N) is 1. The first kappa shape index (κ1) is 33.0. The second-order valence-corrected chi connectivity index (χ2v) is 10.8. The maximum Gasteiger partial charge on any atom is 0.417 e. The number of nitrogens with zero attached hydrogens (tertiary/aromatic N) is 3. The Morgan fingerprint density at radius 2 is 1.80 bits per heavy atom. The minimum Gasteiger partial charge on any atom is -0.508 e. The van der Waals surface area contributed by atoms with Crippen molar-refractivity contribution in [3.63, 3.8) is 0 Å². The van der Waals surface area contributed by atoms with Gasteiger partial charge in [0.25, 0.3) is 0 Å². The quantitative estimate of drug-likeness (QED) is 0.124. The molecule has 0 aliphatic carbocycles. The largest absolute Gasteiger partial charge is 0.508 e. The number of unbranched alkanes of at least 4 members (excludes halogenated alkanes) is 1. The van der Waals surface area contributed by atoms with Crippen molar-refractivity contribution in [1.29, 1.82) is 0 Å². The van der Waals surface area contributed by atoms with Gasteiger partial charge in [0.05, 0.1) is 5.70 Å². The highest BCUT2D eigenvalue weighted by atomic mass is 19.4. The molecular weight excluding hydrogens is 519 g/mol. The molecule has 1 unspecified atom stereocenters. The summed E-state index contributed by atoms with van der Waals surface area (Å²) in [5.41, 5.74) is 4.24. The van der Waals surface area contributed by atoms with E-state index in [1.54, 1.807) is 44.4 Å². The molecule has 0 aliphatic rings. The molecule has 2 aromatic rings. The summed E-state index contributed by atoms with van der Waals surface area (Å²) in [4.78, 5) is 12.5. The van der Waals surface area contributed by atoms with Crippen LogP contribution in [0.25, 0.3) is 11.1 Å². The van der Waals surface area contributed by atoms with E-state index in [-0.39, 0.29) is 17.0 Å². The Labute approximate surface area is 235 Å². The summed E-state index contributed by atoms with van der Waals surface area (Å²) in [7, 11) is 0. The van der Waals surface area contributed by atoms with Crippen LogP contribution in [0.1, 0.15) is 72.3 Å². The number of phenols is 1. The number of nitrogens with two attached hydrogens (primary N) is 1. The number of aliphatic hydroxyl groups is 1. The monoisotopic (exact) mass is 561 g/mol. The van der Waals surface area contributed by atoms with Gasteiger partial charge in [-0.05, 0) is 61.9 Å². The van der Waals surface area contributed by atoms with Crippen molar-refractivity contribution in [2.45, 2.75) is 83.9 Å². The fraction of sp³-hybridized carbons (Fsp3) is 0.500. The van der Waals surface area contributed by atoms with E-state index in [0.29, 0.717) is 29.8 Å². The fourth-order valence-electron chi connectivity index (χ4n) is 4.55. The molecule has 5 N–H and O–H groups in total. The molecule has 0 saturated heterocycles. The molecule has 7 nitrogen and oxygen atoms in total. The number of rotatable bonds is 14. The lowest BCUT2D eigenvalue weighted by atomic mass is 9.72. The van der Waals surface area contributed by atoms with E-state index >= 15 is 0 Å². The molecule has 10 heteroatoms. The molecule has 2 rings (SSSR count). The predicted octanol–water partition coefficient (Wildman–Crippen LogP) is 6.19. The molecule has 40 heavy (non-hydrogen) atoms. The van der Waals surface area contributed by atoms with Gasteiger partial charge in [-0.2, -0.15) is 13.2 Å². The summed E-state index contributed by atoms with van der Waals surface area (Å²) in [6.45, 7) is 10.3. The van der Waals surface area contributed by atoms with E-state index in [1.807, 2.05) is 13.8 Å². The summed E-state index contributed by atoms with van der Waals surface area (Å²) in [6.07, 6.45) is 3.80. The van der Waals surface area contributed by atoms with Crippen LogP contribution in [0.4, 0.5) is 13.2 Å². The molecule has 1 heterocycles. The molecule has 1 aromatic carbocycles. The average molecular weight is 562 g/mol. The van der Waals surface area contributed by atoms with Crippen molar-refractivity contribution < 1.29 is 23.4 Å². The zero-order valence-corrected chi connectivity index (χ0v) is 24.0. The normalized spacial score (nSPS) is 15.3. The third-order valence-electron chi connectivity index (χ3n) is 6.53. The smallest absolute Gasteiger partial charge is 0.417 e. The maximum absolute atomic E-state index is 14.4. The van der Waals surface area contributed by atoms with Gasteiger partial charge in [0.2, 0.25) is 0 Å². The maximum atomic E-state index is 14.4. The van der Waals surface area contributed by atoms with E-state index in [9.17, 15) is 23.4 Å². The van der Waals surface area contributed by atoms with Crippen molar-refractivity contribution in [3.8, 4) is 16.9 Å². The van der Waals surface area contributed by atoms with E-state index in [4.69, 9.17) is 5.73 Å². The lowest BCUT2D eigenvalue weighted by Crippen LogP contribution is -2.50. The van der Waals surface area contributed by atoms with Gasteiger partial charge in [0.1, 0.15) is 12.1 Å². The van der Waals surface area contributed by atoms with Crippen molar-refractivity contribution in [3.05, 3.63) is 66.0 Å². The van der Waals surface area contributed by atoms with Crippen molar-refractivity contribution in [1.82, 2.24) is 15.3 Å². The molecule has 0 aliphatic heterocycles. The molecule has 1 atom stereocenters. The molecule has 0 saturated carbocycles. The molecule has 0 bridgehead atoms. The van der Waals surface area contributed by atoms with Crippen molar-refractivity contribution in [2.75, 3.05) is 13.1 Å². The topological polar surface area (TPSA) is 117 Å². The Kier molecular flexibility index (Phi) is 11.9. The number of benzene rings is 1. The fourth-order valence-corrected chi connectivity index (χ4v) is 4.55. The van der Waals surface area contributed by atoms with Crippen molar-refractivity contribution in [2.24, 2.45) is 10.7 Å². The van der Waals surface area contributed by atoms with Crippen LogP contribution in [0.2, 0.25) is 0 Å². The molecular formula is C30H42F3N5O2. The molecule has 0 fully saturated rings. The number of halogens is 3. The molecule has 0 radical (unpaired) electrons. The highest BCUT2D eigenvalue weighted by Gasteiger charge is 2.56. The van der Waals surface area contributed by atoms with Crippen LogP contribution in [0.5, 0.6) is 5.75 Å². The van der Waals surface area contributed by atoms with Gasteiger partial charge in [-0.3, -0.25) is 4.99 Å². The Balaban J connectivity index is 2.35. The van der Waals surface area contributed by atoms with E-state index in [1.165, 1.54) is 18.5 Å². The van der Waals surface area contributed by atoms with Crippen LogP contribution in [0.15, 0.2) is 65.5 Å². The Morgan fingerprint density at radius 1 is 1.12 bits per heavy atom. The van der Waals surface area contributed by atoms with Gasteiger partial charge in [-0.25, -0.2) is 9.97 Å². The van der Waals surface area contributed by atoms with Gasteiger partial charge in [0, 0.05) is 47.9 Å². The summed E-state index contributed by atoms with van der Waals surface area (Å²) < 4.78 is 43.2. The highest BCUT2D eigenvalue weighted by Crippen LogP contribution is 2.46. The summed E-state index contributed by atoms with van der Waals surface area (Å²) in [6, 6.07) is 4.64. The molecule has 0 amide bonds. The standard InChI is InChI=1S/C30H42F3N5O2/c1-6-8-12-35-16-21(3)38-25(9-7-2)14-24(34)15-29(40,30(31,32)33)19-28(4,5)26-13-22(10-11-27(26)39)23-17-36-20-37-18-23/h9-11,13-14,17-18,20,35,39-40H,6-8,12,15-16,19,34H2,1-5H3/b24-14-,25-9-,38-21?. The van der Waals surface area contributed by atoms with Crippen LogP contribution in [-0.4, -0.2) is 50.8 Å². The number of phenolic OH excluding ortho intramolecular Hbond substituents is 1. The van der Waals surface area contributed by atoms with E-state index < -0.39 is 30.0 Å². The van der Waals surface area contributed by atoms with Crippen LogP contribution < -0.4 is 11.1 Å². The van der Waals surface area contributed by atoms with Gasteiger partial charge in [-0.1, -0.05) is 46.3 Å². The minimum atomic E-state index is -4.99. The second-order valence-electron chi connectivity index (χ2n) is 10.8. The Hall–Kier alpha value is -3.24. The van der Waals surface area contributed by atoms with E-state index in [2.05, 4.69) is 27.2 Å². The lowest BCUT2D eigenvalue weighted by molar-refractivity contribution is -0.266. The average Bonchev–Trinajstić information content (AvgIpc) is 2.86. The van der Waals surface area contributed by atoms with Crippen LogP contribution in [0.3, 0.4) is 0 Å². The third-order valence-corrected chi connectivity index (χ3v) is 6.53. The van der Waals surface area contributed by atoms with E-state index in [0.717, 1.165) is 25.1 Å². The number of aliphatic imine (C=N–C) groups is 1. The second kappa shape index (κ2) is 14.4. The summed E-state index contributed by atoms with van der Waals surface area (Å²) >= 11 is 0. The number of aromatic hydroxyl groups is 1. The highest BCUT2D eigenvalue weighted by molar-refractivity contribution is 5.85. The molecule has 0 spiro atoms. The first-order valence-corrected chi connectivity index (χ1v) is 13.5. The summed E-state index contributed by atoms with van der Waals surface area (Å²) in [5, 5.41) is 24.9. The lowest BCUT2D eigenvalue weighted by Gasteiger charge is -2.38. The zero-order valence-electron chi connectivity index (χ0n) is 24.0. The van der Waals surface area contributed by atoms with Gasteiger partial charge >= 0.3 is 6.18 Å². The van der Waals surface area contributed by atoms with Crippen LogP contribution in [0, 0.1) is 0 Å². The van der Waals surface area contributed by atoms with Crippen LogP contribution >= 0.6 is 0 Å². The number of alkyl halides is 3. The first-order valence-electron chi connectivity index (χ1n) is 13.5. The number of aromatic nitrogens is 2. The SMILES string of the molecule is CC/C=C(/C=C(\N)CC(O)(CC(C)(C)c1cc(-c2cncnc2)ccc1O)C(F)(F)F)N=C(C)CNCCCC. The van der Waals surface area contributed by atoms with Crippen molar-refractivity contribution >= 4 is 5.71 Å². The Morgan fingerprint density at radius 3 is 2.40 bits per heavy atom. The predicted molar refractivity (Wildman–Crippen MR) is 154 cm³/mol. The number of hydrogen-bond acceptors (Lipinski definition) is 7. The number of allylic oxidation sites excluding steroid dienone is 2. The minimum absolute atomic E-state index is 0.148. The number of hydrogen-bond donors (Lipinski definition) is 4. The zero-order chi connectivity index (χ0) is 30.0. The van der Waals surface area contributed by atoms with Gasteiger partial charge < -0.3 is 21.3 Å². The van der Waals surface area contributed by atoms with Crippen LogP contribution in [-0.2, 0) is 5.41 Å². The molecule has 220 valence electrons. The van der Waals surface area contributed by atoms with Gasteiger partial charge in [-0.15, -0.1) is 0 Å². The van der Waals surface area contributed by atoms with Gasteiger partial charge in [0.15, 0.2) is 5.60 Å². The first-order chi connectivity index (χ1) is 18.7.